The standard InChI is InChI=1S/C15H16ClNO/c1-2-18-14-8-6-11(7-9-14)15(17)12-4-3-5-13(16)10-12/h3-10,15H,2,17H2,1H3/t15-/m0/s1. The van der Waals surface area contributed by atoms with Crippen LogP contribution in [0.2, 0.25) is 5.02 Å². The number of halogens is 1. The van der Waals surface area contributed by atoms with Crippen LogP contribution in [0.3, 0.4) is 0 Å². The summed E-state index contributed by atoms with van der Waals surface area (Å²) in [6.45, 7) is 2.63. The summed E-state index contributed by atoms with van der Waals surface area (Å²) in [6, 6.07) is 15.3. The minimum absolute atomic E-state index is 0.167. The fourth-order valence-corrected chi connectivity index (χ4v) is 2.03. The molecule has 2 rings (SSSR count). The van der Waals surface area contributed by atoms with E-state index in [-0.39, 0.29) is 6.04 Å². The molecule has 18 heavy (non-hydrogen) atoms. The number of ether oxygens (including phenoxy) is 1. The second-order valence-corrected chi connectivity index (χ2v) is 4.47. The van der Waals surface area contributed by atoms with Crippen molar-refractivity contribution in [3.63, 3.8) is 0 Å². The summed E-state index contributed by atoms with van der Waals surface area (Å²) in [7, 11) is 0. The van der Waals surface area contributed by atoms with Gasteiger partial charge in [0.05, 0.1) is 12.6 Å². The Morgan fingerprint density at radius 1 is 1.11 bits per heavy atom. The molecule has 0 bridgehead atoms. The molecule has 0 saturated carbocycles. The van der Waals surface area contributed by atoms with Gasteiger partial charge in [0.15, 0.2) is 0 Å². The molecule has 0 aliphatic carbocycles. The van der Waals surface area contributed by atoms with Crippen LogP contribution in [0.4, 0.5) is 0 Å². The first-order chi connectivity index (χ1) is 8.70. The van der Waals surface area contributed by atoms with Crippen LogP contribution in [0.15, 0.2) is 48.5 Å². The molecule has 0 heterocycles. The van der Waals surface area contributed by atoms with Crippen LogP contribution in [0.5, 0.6) is 5.75 Å². The minimum atomic E-state index is -0.167. The van der Waals surface area contributed by atoms with Crippen molar-refractivity contribution in [2.24, 2.45) is 5.73 Å². The predicted octanol–water partition coefficient (Wildman–Crippen LogP) is 3.79. The van der Waals surface area contributed by atoms with Crippen LogP contribution < -0.4 is 10.5 Å². The van der Waals surface area contributed by atoms with Crippen molar-refractivity contribution in [3.05, 3.63) is 64.7 Å². The third-order valence-electron chi connectivity index (χ3n) is 2.76. The predicted molar refractivity (Wildman–Crippen MR) is 75.1 cm³/mol. The number of benzene rings is 2. The van der Waals surface area contributed by atoms with E-state index in [2.05, 4.69) is 0 Å². The van der Waals surface area contributed by atoms with Crippen molar-refractivity contribution in [3.8, 4) is 5.75 Å². The Balaban J connectivity index is 2.20. The summed E-state index contributed by atoms with van der Waals surface area (Å²) in [4.78, 5) is 0. The Bertz CT molecular complexity index is 510. The second-order valence-electron chi connectivity index (χ2n) is 4.03. The molecular weight excluding hydrogens is 246 g/mol. The van der Waals surface area contributed by atoms with Crippen LogP contribution in [0.1, 0.15) is 24.1 Å². The zero-order valence-corrected chi connectivity index (χ0v) is 11.0. The fraction of sp³-hybridized carbons (Fsp3) is 0.200. The second kappa shape index (κ2) is 5.89. The molecule has 0 radical (unpaired) electrons. The van der Waals surface area contributed by atoms with Gasteiger partial charge in [0.25, 0.3) is 0 Å². The van der Waals surface area contributed by atoms with Crippen molar-refractivity contribution in [2.75, 3.05) is 6.61 Å². The first kappa shape index (κ1) is 12.9. The minimum Gasteiger partial charge on any atom is -0.494 e. The van der Waals surface area contributed by atoms with Gasteiger partial charge in [0, 0.05) is 5.02 Å². The van der Waals surface area contributed by atoms with E-state index < -0.39 is 0 Å². The molecule has 0 fully saturated rings. The van der Waals surface area contributed by atoms with Gasteiger partial charge in [-0.15, -0.1) is 0 Å². The number of hydrogen-bond acceptors (Lipinski definition) is 2. The van der Waals surface area contributed by atoms with Crippen LogP contribution >= 0.6 is 11.6 Å². The molecule has 2 aromatic rings. The Morgan fingerprint density at radius 3 is 2.44 bits per heavy atom. The molecule has 94 valence electrons. The van der Waals surface area contributed by atoms with Gasteiger partial charge in [0.2, 0.25) is 0 Å². The average molecular weight is 262 g/mol. The Kier molecular flexibility index (Phi) is 4.24. The van der Waals surface area contributed by atoms with E-state index in [0.717, 1.165) is 16.9 Å². The van der Waals surface area contributed by atoms with E-state index in [0.29, 0.717) is 11.6 Å². The summed E-state index contributed by atoms with van der Waals surface area (Å²) in [5.74, 6) is 0.861. The van der Waals surface area contributed by atoms with Crippen LogP contribution in [0, 0.1) is 0 Å². The van der Waals surface area contributed by atoms with Gasteiger partial charge >= 0.3 is 0 Å². The molecule has 0 saturated heterocycles. The number of hydrogen-bond donors (Lipinski definition) is 1. The molecule has 0 unspecified atom stereocenters. The van der Waals surface area contributed by atoms with Crippen molar-refractivity contribution in [1.82, 2.24) is 0 Å². The molecule has 2 nitrogen and oxygen atoms in total. The van der Waals surface area contributed by atoms with E-state index in [9.17, 15) is 0 Å². The van der Waals surface area contributed by atoms with Crippen LogP contribution in [0.25, 0.3) is 0 Å². The summed E-state index contributed by atoms with van der Waals surface area (Å²) < 4.78 is 5.40. The highest BCUT2D eigenvalue weighted by Gasteiger charge is 2.09. The first-order valence-electron chi connectivity index (χ1n) is 5.94. The molecule has 3 heteroatoms. The fourth-order valence-electron chi connectivity index (χ4n) is 1.83. The maximum atomic E-state index is 6.21. The van der Waals surface area contributed by atoms with Crippen molar-refractivity contribution in [1.29, 1.82) is 0 Å². The van der Waals surface area contributed by atoms with Gasteiger partial charge in [-0.05, 0) is 42.3 Å². The molecule has 0 amide bonds. The summed E-state index contributed by atoms with van der Waals surface area (Å²) in [6.07, 6.45) is 0. The molecule has 0 aromatic heterocycles. The largest absolute Gasteiger partial charge is 0.494 e. The summed E-state index contributed by atoms with van der Waals surface area (Å²) in [5, 5.41) is 0.703. The third kappa shape index (κ3) is 3.03. The van der Waals surface area contributed by atoms with E-state index >= 15 is 0 Å². The zero-order chi connectivity index (χ0) is 13.0. The molecule has 1 atom stereocenters. The van der Waals surface area contributed by atoms with E-state index in [1.807, 2.05) is 55.5 Å². The van der Waals surface area contributed by atoms with Crippen LogP contribution in [-0.2, 0) is 0 Å². The first-order valence-corrected chi connectivity index (χ1v) is 6.32. The molecule has 0 aliphatic rings. The smallest absolute Gasteiger partial charge is 0.119 e. The van der Waals surface area contributed by atoms with E-state index in [4.69, 9.17) is 22.1 Å². The maximum Gasteiger partial charge on any atom is 0.119 e. The highest BCUT2D eigenvalue weighted by Crippen LogP contribution is 2.23. The van der Waals surface area contributed by atoms with Gasteiger partial charge in [-0.3, -0.25) is 0 Å². The lowest BCUT2D eigenvalue weighted by Crippen LogP contribution is -2.11. The van der Waals surface area contributed by atoms with E-state index in [1.54, 1.807) is 0 Å². The van der Waals surface area contributed by atoms with Crippen LogP contribution in [-0.4, -0.2) is 6.61 Å². The van der Waals surface area contributed by atoms with Gasteiger partial charge in [-0.25, -0.2) is 0 Å². The molecule has 2 N–H and O–H groups in total. The van der Waals surface area contributed by atoms with Crippen molar-refractivity contribution < 1.29 is 4.74 Å². The number of nitrogens with two attached hydrogens (primary N) is 1. The lowest BCUT2D eigenvalue weighted by Gasteiger charge is -2.13. The molecule has 0 spiro atoms. The lowest BCUT2D eigenvalue weighted by molar-refractivity contribution is 0.340. The summed E-state index contributed by atoms with van der Waals surface area (Å²) >= 11 is 5.97. The van der Waals surface area contributed by atoms with Gasteiger partial charge in [0.1, 0.15) is 5.75 Å². The molecular formula is C15H16ClNO. The van der Waals surface area contributed by atoms with Gasteiger partial charge < -0.3 is 10.5 Å². The molecule has 0 aliphatic heterocycles. The number of rotatable bonds is 4. The van der Waals surface area contributed by atoms with Crippen molar-refractivity contribution >= 4 is 11.6 Å². The zero-order valence-electron chi connectivity index (χ0n) is 10.3. The highest BCUT2D eigenvalue weighted by molar-refractivity contribution is 6.30. The Labute approximate surface area is 112 Å². The average Bonchev–Trinajstić information content (AvgIpc) is 2.39. The van der Waals surface area contributed by atoms with Crippen molar-refractivity contribution in [2.45, 2.75) is 13.0 Å². The SMILES string of the molecule is CCOc1ccc([C@H](N)c2cccc(Cl)c2)cc1. The van der Waals surface area contributed by atoms with E-state index in [1.165, 1.54) is 0 Å². The van der Waals surface area contributed by atoms with Gasteiger partial charge in [-0.2, -0.15) is 0 Å². The lowest BCUT2D eigenvalue weighted by atomic mass is 10.00. The Hall–Kier alpha value is -1.51. The maximum absolute atomic E-state index is 6.21. The highest BCUT2D eigenvalue weighted by atomic mass is 35.5. The quantitative estimate of drug-likeness (QED) is 0.909. The summed E-state index contributed by atoms with van der Waals surface area (Å²) in [5.41, 5.74) is 8.26. The van der Waals surface area contributed by atoms with Gasteiger partial charge in [-0.1, -0.05) is 35.9 Å². The molecule has 2 aromatic carbocycles. The normalized spacial score (nSPS) is 12.2. The monoisotopic (exact) mass is 261 g/mol. The Morgan fingerprint density at radius 2 is 1.83 bits per heavy atom. The topological polar surface area (TPSA) is 35.2 Å². The third-order valence-corrected chi connectivity index (χ3v) is 2.99.